The Labute approximate surface area is 126 Å². The molecule has 0 aliphatic rings. The highest BCUT2D eigenvalue weighted by atomic mass is 79.9. The fourth-order valence-electron chi connectivity index (χ4n) is 1.89. The Bertz CT molecular complexity index is 533. The minimum atomic E-state index is 0.0363. The minimum absolute atomic E-state index is 0.0363. The summed E-state index contributed by atoms with van der Waals surface area (Å²) >= 11 is 9.68. The molecule has 3 nitrogen and oxygen atoms in total. The molecule has 1 N–H and O–H groups in total. The largest absolute Gasteiger partial charge is 0.306 e. The summed E-state index contributed by atoms with van der Waals surface area (Å²) in [5, 5.41) is 4.22. The molecule has 19 heavy (non-hydrogen) atoms. The maximum Gasteiger partial charge on any atom is 0.115 e. The van der Waals surface area contributed by atoms with Gasteiger partial charge in [0.1, 0.15) is 6.33 Å². The normalized spacial score (nSPS) is 12.4. The van der Waals surface area contributed by atoms with Crippen molar-refractivity contribution < 1.29 is 0 Å². The molecule has 0 aliphatic heterocycles. The van der Waals surface area contributed by atoms with Gasteiger partial charge in [0.2, 0.25) is 0 Å². The average molecular weight is 341 g/mol. The molecule has 0 aliphatic carbocycles. The van der Waals surface area contributed by atoms with E-state index >= 15 is 0 Å². The molecule has 1 unspecified atom stereocenters. The molecular weight excluding hydrogens is 326 g/mol. The first-order valence-electron chi connectivity index (χ1n) is 6.15. The second-order valence-corrected chi connectivity index (χ2v) is 5.52. The molecule has 0 saturated carbocycles. The molecule has 0 saturated heterocycles. The molecule has 0 bridgehead atoms. The van der Waals surface area contributed by atoms with Gasteiger partial charge in [0, 0.05) is 27.5 Å². The first kappa shape index (κ1) is 14.4. The Morgan fingerprint density at radius 1 is 1.32 bits per heavy atom. The van der Waals surface area contributed by atoms with Gasteiger partial charge in [-0.1, -0.05) is 34.5 Å². The number of hydrogen-bond donors (Lipinski definition) is 1. The lowest BCUT2D eigenvalue weighted by Gasteiger charge is -2.20. The molecular formula is C14H15BrClN3. The standard InChI is InChI=1S/C14H15BrClN3/c1-2-5-19-14(10-7-17-9-18-8-10)12-6-11(16)3-4-13(12)15/h3-4,6-9,14,19H,2,5H2,1H3. The van der Waals surface area contributed by atoms with Crippen molar-refractivity contribution in [3.63, 3.8) is 0 Å². The zero-order chi connectivity index (χ0) is 13.7. The highest BCUT2D eigenvalue weighted by molar-refractivity contribution is 9.10. The molecule has 2 aromatic rings. The van der Waals surface area contributed by atoms with E-state index in [9.17, 15) is 0 Å². The van der Waals surface area contributed by atoms with Crippen molar-refractivity contribution in [2.24, 2.45) is 0 Å². The summed E-state index contributed by atoms with van der Waals surface area (Å²) in [7, 11) is 0. The SMILES string of the molecule is CCCNC(c1cncnc1)c1cc(Cl)ccc1Br. The van der Waals surface area contributed by atoms with E-state index in [0.717, 1.165) is 33.6 Å². The topological polar surface area (TPSA) is 37.8 Å². The Kier molecular flexibility index (Phi) is 5.31. The van der Waals surface area contributed by atoms with Crippen LogP contribution in [-0.2, 0) is 0 Å². The number of nitrogens with zero attached hydrogens (tertiary/aromatic N) is 2. The molecule has 1 aromatic carbocycles. The van der Waals surface area contributed by atoms with Gasteiger partial charge in [-0.3, -0.25) is 0 Å². The number of rotatable bonds is 5. The lowest BCUT2D eigenvalue weighted by atomic mass is 10.0. The first-order valence-corrected chi connectivity index (χ1v) is 7.32. The number of halogens is 2. The van der Waals surface area contributed by atoms with Crippen LogP contribution in [0.15, 0.2) is 41.4 Å². The maximum atomic E-state index is 6.10. The van der Waals surface area contributed by atoms with Crippen LogP contribution in [0, 0.1) is 0 Å². The molecule has 2 rings (SSSR count). The molecule has 1 aromatic heterocycles. The lowest BCUT2D eigenvalue weighted by Crippen LogP contribution is -2.23. The summed E-state index contributed by atoms with van der Waals surface area (Å²) in [5.41, 5.74) is 2.12. The van der Waals surface area contributed by atoms with Crippen LogP contribution in [0.2, 0.25) is 5.02 Å². The van der Waals surface area contributed by atoms with Crippen molar-refractivity contribution in [3.8, 4) is 0 Å². The third-order valence-electron chi connectivity index (χ3n) is 2.78. The van der Waals surface area contributed by atoms with Crippen molar-refractivity contribution in [3.05, 3.63) is 57.5 Å². The highest BCUT2D eigenvalue weighted by Gasteiger charge is 2.17. The van der Waals surface area contributed by atoms with E-state index in [2.05, 4.69) is 38.1 Å². The summed E-state index contributed by atoms with van der Waals surface area (Å²) in [6, 6.07) is 5.83. The zero-order valence-corrected chi connectivity index (χ0v) is 12.9. The minimum Gasteiger partial charge on any atom is -0.306 e. The fraction of sp³-hybridized carbons (Fsp3) is 0.286. The predicted molar refractivity (Wildman–Crippen MR) is 81.3 cm³/mol. The number of nitrogens with one attached hydrogen (secondary N) is 1. The van der Waals surface area contributed by atoms with Crippen LogP contribution in [0.1, 0.15) is 30.5 Å². The van der Waals surface area contributed by atoms with Gasteiger partial charge in [-0.15, -0.1) is 0 Å². The van der Waals surface area contributed by atoms with E-state index in [1.54, 1.807) is 0 Å². The van der Waals surface area contributed by atoms with E-state index in [1.165, 1.54) is 6.33 Å². The number of hydrogen-bond acceptors (Lipinski definition) is 3. The van der Waals surface area contributed by atoms with Crippen molar-refractivity contribution in [2.45, 2.75) is 19.4 Å². The summed E-state index contributed by atoms with van der Waals surface area (Å²) < 4.78 is 1.02. The van der Waals surface area contributed by atoms with E-state index in [4.69, 9.17) is 11.6 Å². The fourth-order valence-corrected chi connectivity index (χ4v) is 2.55. The molecule has 5 heteroatoms. The summed E-state index contributed by atoms with van der Waals surface area (Å²) in [4.78, 5) is 8.18. The molecule has 100 valence electrons. The van der Waals surface area contributed by atoms with Crippen LogP contribution in [0.25, 0.3) is 0 Å². The van der Waals surface area contributed by atoms with Crippen LogP contribution in [0.3, 0.4) is 0 Å². The van der Waals surface area contributed by atoms with E-state index in [-0.39, 0.29) is 6.04 Å². The Balaban J connectivity index is 2.40. The van der Waals surface area contributed by atoms with E-state index in [1.807, 2.05) is 30.6 Å². The molecule has 0 fully saturated rings. The highest BCUT2D eigenvalue weighted by Crippen LogP contribution is 2.30. The molecule has 1 heterocycles. The van der Waals surface area contributed by atoms with Gasteiger partial charge in [-0.2, -0.15) is 0 Å². The first-order chi connectivity index (χ1) is 9.22. The second kappa shape index (κ2) is 6.98. The van der Waals surface area contributed by atoms with Crippen molar-refractivity contribution >= 4 is 27.5 Å². The predicted octanol–water partition coefficient (Wildman–Crippen LogP) is 3.98. The van der Waals surface area contributed by atoms with Gasteiger partial charge < -0.3 is 5.32 Å². The monoisotopic (exact) mass is 339 g/mol. The second-order valence-electron chi connectivity index (χ2n) is 4.22. The lowest BCUT2D eigenvalue weighted by molar-refractivity contribution is 0.593. The van der Waals surface area contributed by atoms with Crippen LogP contribution in [0.5, 0.6) is 0 Å². The Morgan fingerprint density at radius 3 is 2.74 bits per heavy atom. The summed E-state index contributed by atoms with van der Waals surface area (Å²) in [6.07, 6.45) is 6.25. The zero-order valence-electron chi connectivity index (χ0n) is 10.6. The molecule has 0 spiro atoms. The van der Waals surface area contributed by atoms with Crippen LogP contribution in [-0.4, -0.2) is 16.5 Å². The van der Waals surface area contributed by atoms with Crippen molar-refractivity contribution in [1.29, 1.82) is 0 Å². The van der Waals surface area contributed by atoms with Crippen LogP contribution >= 0.6 is 27.5 Å². The van der Waals surface area contributed by atoms with Crippen molar-refractivity contribution in [1.82, 2.24) is 15.3 Å². The van der Waals surface area contributed by atoms with Crippen LogP contribution < -0.4 is 5.32 Å². The maximum absolute atomic E-state index is 6.10. The average Bonchev–Trinajstić information content (AvgIpc) is 2.44. The quantitative estimate of drug-likeness (QED) is 0.894. The van der Waals surface area contributed by atoms with Gasteiger partial charge in [0.05, 0.1) is 6.04 Å². The van der Waals surface area contributed by atoms with Gasteiger partial charge in [-0.05, 0) is 36.7 Å². The molecule has 0 amide bonds. The third-order valence-corrected chi connectivity index (χ3v) is 3.74. The molecule has 1 atom stereocenters. The Hall–Kier alpha value is -0.970. The Morgan fingerprint density at radius 2 is 2.05 bits per heavy atom. The van der Waals surface area contributed by atoms with Crippen LogP contribution in [0.4, 0.5) is 0 Å². The van der Waals surface area contributed by atoms with Gasteiger partial charge in [-0.25, -0.2) is 9.97 Å². The third kappa shape index (κ3) is 3.75. The van der Waals surface area contributed by atoms with Gasteiger partial charge >= 0.3 is 0 Å². The van der Waals surface area contributed by atoms with E-state index in [0.29, 0.717) is 0 Å². The van der Waals surface area contributed by atoms with Gasteiger partial charge in [0.25, 0.3) is 0 Å². The number of aromatic nitrogens is 2. The van der Waals surface area contributed by atoms with Crippen molar-refractivity contribution in [2.75, 3.05) is 6.54 Å². The molecule has 0 radical (unpaired) electrons. The van der Waals surface area contributed by atoms with Gasteiger partial charge in [0.15, 0.2) is 0 Å². The van der Waals surface area contributed by atoms with E-state index < -0.39 is 0 Å². The summed E-state index contributed by atoms with van der Waals surface area (Å²) in [6.45, 7) is 3.05. The number of benzene rings is 1. The summed E-state index contributed by atoms with van der Waals surface area (Å²) in [5.74, 6) is 0. The smallest absolute Gasteiger partial charge is 0.115 e.